The van der Waals surface area contributed by atoms with Crippen molar-refractivity contribution in [1.29, 1.82) is 0 Å². The molecule has 118 valence electrons. The van der Waals surface area contributed by atoms with E-state index in [-0.39, 0.29) is 5.91 Å². The van der Waals surface area contributed by atoms with E-state index in [4.69, 9.17) is 16.0 Å². The Morgan fingerprint density at radius 2 is 2.09 bits per heavy atom. The topological polar surface area (TPSA) is 67.2 Å². The fourth-order valence-corrected chi connectivity index (χ4v) is 2.84. The third-order valence-corrected chi connectivity index (χ3v) is 4.30. The Balaban J connectivity index is 1.55. The van der Waals surface area contributed by atoms with E-state index in [1.165, 1.54) is 11.3 Å². The molecule has 2 heterocycles. The number of furan rings is 1. The minimum absolute atomic E-state index is 0.233. The number of hydrogen-bond donors (Lipinski definition) is 2. The van der Waals surface area contributed by atoms with E-state index in [0.29, 0.717) is 34.7 Å². The summed E-state index contributed by atoms with van der Waals surface area (Å²) in [6, 6.07) is 11.2. The first kappa shape index (κ1) is 15.6. The molecule has 0 aliphatic rings. The highest BCUT2D eigenvalue weighted by Crippen LogP contribution is 2.19. The number of nitrogens with one attached hydrogen (secondary N) is 2. The van der Waals surface area contributed by atoms with Gasteiger partial charge in [-0.1, -0.05) is 29.8 Å². The summed E-state index contributed by atoms with van der Waals surface area (Å²) in [5.41, 5.74) is 1.36. The lowest BCUT2D eigenvalue weighted by Gasteiger charge is -2.04. The number of rotatable bonds is 6. The van der Waals surface area contributed by atoms with Gasteiger partial charge in [0.05, 0.1) is 12.8 Å². The van der Waals surface area contributed by atoms with E-state index in [9.17, 15) is 4.79 Å². The van der Waals surface area contributed by atoms with Gasteiger partial charge in [-0.25, -0.2) is 4.98 Å². The number of carbonyl (C=O) groups is 1. The van der Waals surface area contributed by atoms with Crippen molar-refractivity contribution >= 4 is 34.0 Å². The van der Waals surface area contributed by atoms with Crippen molar-refractivity contribution in [2.24, 2.45) is 0 Å². The lowest BCUT2D eigenvalue weighted by Crippen LogP contribution is -2.22. The van der Waals surface area contributed by atoms with Crippen LogP contribution < -0.4 is 10.6 Å². The zero-order valence-corrected chi connectivity index (χ0v) is 13.7. The number of nitrogens with zero attached hydrogens (tertiary/aromatic N) is 1. The second-order valence-electron chi connectivity index (χ2n) is 4.74. The van der Waals surface area contributed by atoms with E-state index >= 15 is 0 Å². The van der Waals surface area contributed by atoms with E-state index in [2.05, 4.69) is 15.6 Å². The van der Waals surface area contributed by atoms with Crippen molar-refractivity contribution in [3.8, 4) is 0 Å². The number of halogens is 1. The first-order valence-electron chi connectivity index (χ1n) is 6.96. The second-order valence-corrected chi connectivity index (χ2v) is 6.01. The van der Waals surface area contributed by atoms with Crippen LogP contribution in [0.1, 0.15) is 21.8 Å². The van der Waals surface area contributed by atoms with Crippen LogP contribution in [0.5, 0.6) is 0 Å². The van der Waals surface area contributed by atoms with Gasteiger partial charge in [0.15, 0.2) is 5.13 Å². The number of aromatic nitrogens is 1. The van der Waals surface area contributed by atoms with Crippen molar-refractivity contribution in [2.45, 2.75) is 13.1 Å². The Hall–Kier alpha value is -2.31. The fourth-order valence-electron chi connectivity index (χ4n) is 1.94. The highest BCUT2D eigenvalue weighted by atomic mass is 35.5. The molecule has 5 nitrogen and oxygen atoms in total. The van der Waals surface area contributed by atoms with E-state index in [1.54, 1.807) is 23.8 Å². The average Bonchev–Trinajstić information content (AvgIpc) is 3.23. The molecule has 23 heavy (non-hydrogen) atoms. The summed E-state index contributed by atoms with van der Waals surface area (Å²) in [5.74, 6) is 0.467. The summed E-state index contributed by atoms with van der Waals surface area (Å²) in [6.07, 6.45) is 1.57. The first-order chi connectivity index (χ1) is 11.2. The van der Waals surface area contributed by atoms with Crippen molar-refractivity contribution in [1.82, 2.24) is 10.3 Å². The summed E-state index contributed by atoms with van der Waals surface area (Å²) in [4.78, 5) is 16.3. The molecular weight excluding hydrogens is 334 g/mol. The summed E-state index contributed by atoms with van der Waals surface area (Å²) >= 11 is 7.48. The van der Waals surface area contributed by atoms with Crippen molar-refractivity contribution in [2.75, 3.05) is 5.32 Å². The molecule has 0 atom stereocenters. The average molecular weight is 348 g/mol. The van der Waals surface area contributed by atoms with E-state index < -0.39 is 0 Å². The molecule has 1 aromatic carbocycles. The minimum atomic E-state index is -0.233. The predicted molar refractivity (Wildman–Crippen MR) is 90.8 cm³/mol. The maximum absolute atomic E-state index is 12.0. The SMILES string of the molecule is O=C(NCc1ccco1)c1csc(NCc2ccccc2Cl)n1. The van der Waals surface area contributed by atoms with Gasteiger partial charge in [-0.3, -0.25) is 4.79 Å². The molecule has 0 aliphatic carbocycles. The lowest BCUT2D eigenvalue weighted by atomic mass is 10.2. The highest BCUT2D eigenvalue weighted by Gasteiger charge is 2.11. The molecule has 0 radical (unpaired) electrons. The summed E-state index contributed by atoms with van der Waals surface area (Å²) in [5, 5.41) is 9.02. The molecule has 7 heteroatoms. The number of thiazole rings is 1. The Bertz CT molecular complexity index is 786. The Morgan fingerprint density at radius 3 is 2.87 bits per heavy atom. The van der Waals surface area contributed by atoms with Gasteiger partial charge in [-0.2, -0.15) is 0 Å². The molecule has 0 aliphatic heterocycles. The summed E-state index contributed by atoms with van der Waals surface area (Å²) in [7, 11) is 0. The molecule has 2 N–H and O–H groups in total. The molecule has 0 bridgehead atoms. The standard InChI is InChI=1S/C16H14ClN3O2S/c17-13-6-2-1-4-11(13)8-19-16-20-14(10-23-16)15(21)18-9-12-5-3-7-22-12/h1-7,10H,8-9H2,(H,18,21)(H,19,20). The zero-order valence-electron chi connectivity index (χ0n) is 12.1. The van der Waals surface area contributed by atoms with Crippen LogP contribution in [0.15, 0.2) is 52.5 Å². The van der Waals surface area contributed by atoms with Crippen LogP contribution in [-0.2, 0) is 13.1 Å². The molecule has 3 aromatic rings. The number of anilines is 1. The minimum Gasteiger partial charge on any atom is -0.467 e. The zero-order chi connectivity index (χ0) is 16.1. The number of hydrogen-bond acceptors (Lipinski definition) is 5. The summed E-state index contributed by atoms with van der Waals surface area (Å²) in [6.45, 7) is 0.895. The predicted octanol–water partition coefficient (Wildman–Crippen LogP) is 3.93. The maximum atomic E-state index is 12.0. The van der Waals surface area contributed by atoms with E-state index in [1.807, 2.05) is 24.3 Å². The maximum Gasteiger partial charge on any atom is 0.271 e. The summed E-state index contributed by atoms with van der Waals surface area (Å²) < 4.78 is 5.17. The van der Waals surface area contributed by atoms with Gasteiger partial charge in [0.2, 0.25) is 0 Å². The number of carbonyl (C=O) groups excluding carboxylic acids is 1. The monoisotopic (exact) mass is 347 g/mol. The Morgan fingerprint density at radius 1 is 1.22 bits per heavy atom. The van der Waals surface area contributed by atoms with Crippen molar-refractivity contribution < 1.29 is 9.21 Å². The third-order valence-electron chi connectivity index (χ3n) is 3.13. The van der Waals surface area contributed by atoms with Gasteiger partial charge in [-0.15, -0.1) is 11.3 Å². The van der Waals surface area contributed by atoms with Crippen molar-refractivity contribution in [3.63, 3.8) is 0 Å². The van der Waals surface area contributed by atoms with Gasteiger partial charge >= 0.3 is 0 Å². The highest BCUT2D eigenvalue weighted by molar-refractivity contribution is 7.13. The smallest absolute Gasteiger partial charge is 0.271 e. The molecule has 0 fully saturated rings. The fraction of sp³-hybridized carbons (Fsp3) is 0.125. The quantitative estimate of drug-likeness (QED) is 0.709. The van der Waals surface area contributed by atoms with Gasteiger partial charge < -0.3 is 15.1 Å². The van der Waals surface area contributed by atoms with Crippen LogP contribution in [0.25, 0.3) is 0 Å². The second kappa shape index (κ2) is 7.30. The molecule has 0 unspecified atom stereocenters. The number of benzene rings is 1. The van der Waals surface area contributed by atoms with Gasteiger partial charge in [0.25, 0.3) is 5.91 Å². The van der Waals surface area contributed by atoms with Crippen LogP contribution >= 0.6 is 22.9 Å². The Labute approximate surface area is 142 Å². The molecule has 0 saturated heterocycles. The molecule has 3 rings (SSSR count). The Kier molecular flexibility index (Phi) is 4.95. The van der Waals surface area contributed by atoms with Gasteiger partial charge in [-0.05, 0) is 23.8 Å². The first-order valence-corrected chi connectivity index (χ1v) is 8.21. The molecular formula is C16H14ClN3O2S. The lowest BCUT2D eigenvalue weighted by molar-refractivity contribution is 0.0944. The molecule has 1 amide bonds. The molecule has 2 aromatic heterocycles. The van der Waals surface area contributed by atoms with Crippen LogP contribution in [0.3, 0.4) is 0 Å². The molecule has 0 spiro atoms. The van der Waals surface area contributed by atoms with Crippen LogP contribution in [0, 0.1) is 0 Å². The number of amides is 1. The molecule has 0 saturated carbocycles. The van der Waals surface area contributed by atoms with Gasteiger partial charge in [0, 0.05) is 16.9 Å². The van der Waals surface area contributed by atoms with Crippen LogP contribution in [-0.4, -0.2) is 10.9 Å². The van der Waals surface area contributed by atoms with Gasteiger partial charge in [0.1, 0.15) is 11.5 Å². The van der Waals surface area contributed by atoms with E-state index in [0.717, 1.165) is 5.56 Å². The van der Waals surface area contributed by atoms with Crippen LogP contribution in [0.2, 0.25) is 5.02 Å². The third kappa shape index (κ3) is 4.12. The normalized spacial score (nSPS) is 10.5. The van der Waals surface area contributed by atoms with Crippen LogP contribution in [0.4, 0.5) is 5.13 Å². The van der Waals surface area contributed by atoms with Crippen molar-refractivity contribution in [3.05, 3.63) is 70.1 Å². The largest absolute Gasteiger partial charge is 0.467 e.